The number of nitrogens with one attached hydrogen (secondary N) is 4. The van der Waals surface area contributed by atoms with Crippen LogP contribution < -0.4 is 21.3 Å². The van der Waals surface area contributed by atoms with Crippen molar-refractivity contribution < 1.29 is 27.4 Å². The zero-order valence-electron chi connectivity index (χ0n) is 16.8. The topological polar surface area (TPSA) is 90.1 Å². The second kappa shape index (κ2) is 9.86. The number of nitrogens with zero attached hydrogens (tertiary/aromatic N) is 2. The Kier molecular flexibility index (Phi) is 7.70. The number of alkyl halides is 3. The van der Waals surface area contributed by atoms with E-state index in [1.54, 1.807) is 4.90 Å². The van der Waals surface area contributed by atoms with E-state index in [0.717, 1.165) is 12.8 Å². The van der Waals surface area contributed by atoms with Gasteiger partial charge in [0.1, 0.15) is 19.2 Å². The third-order valence-corrected chi connectivity index (χ3v) is 5.36. The number of rotatable bonds is 6. The van der Waals surface area contributed by atoms with Gasteiger partial charge in [0.15, 0.2) is 6.35 Å². The first kappa shape index (κ1) is 22.7. The summed E-state index contributed by atoms with van der Waals surface area (Å²) in [4.78, 5) is 15.3. The van der Waals surface area contributed by atoms with Gasteiger partial charge in [0.05, 0.1) is 12.2 Å². The summed E-state index contributed by atoms with van der Waals surface area (Å²) in [6.07, 6.45) is -3.99. The SMILES string of the molecule is CC(=O)N1CCN(C2NC(NCC3CCC(C)O3)NC(OCC(F)(F)F)N2)CC1. The number of carbonyl (C=O) groups is 1. The Hall–Kier alpha value is -1.02. The van der Waals surface area contributed by atoms with Crippen LogP contribution in [0.25, 0.3) is 0 Å². The summed E-state index contributed by atoms with van der Waals surface area (Å²) in [5, 5.41) is 12.5. The van der Waals surface area contributed by atoms with Crippen LogP contribution in [0.2, 0.25) is 0 Å². The minimum absolute atomic E-state index is 0.0209. The molecule has 5 atom stereocenters. The van der Waals surface area contributed by atoms with E-state index in [1.165, 1.54) is 6.92 Å². The smallest absolute Gasteiger partial charge is 0.374 e. The molecule has 3 fully saturated rings. The summed E-state index contributed by atoms with van der Waals surface area (Å²) < 4.78 is 48.6. The standard InChI is InChI=1S/C17H31F3N6O3/c1-11-3-4-13(29-11)9-21-14-22-15(24-16(23-14)28-10-17(18,19)20)26-7-5-25(6-8-26)12(2)27/h11,13-16,21-24H,3-10H2,1-2H3. The van der Waals surface area contributed by atoms with Crippen molar-refractivity contribution in [3.63, 3.8) is 0 Å². The Morgan fingerprint density at radius 3 is 2.48 bits per heavy atom. The van der Waals surface area contributed by atoms with Crippen molar-refractivity contribution in [2.24, 2.45) is 0 Å². The number of ether oxygens (including phenoxy) is 2. The molecule has 9 nitrogen and oxygen atoms in total. The maximum atomic E-state index is 12.6. The van der Waals surface area contributed by atoms with Gasteiger partial charge in [-0.05, 0) is 19.8 Å². The second-order valence-corrected chi connectivity index (χ2v) is 7.74. The lowest BCUT2D eigenvalue weighted by Gasteiger charge is -2.46. The first-order valence-electron chi connectivity index (χ1n) is 10.0. The summed E-state index contributed by atoms with van der Waals surface area (Å²) in [6.45, 7) is 5.14. The molecular formula is C17H31F3N6O3. The van der Waals surface area contributed by atoms with Crippen LogP contribution in [0.3, 0.4) is 0 Å². The third kappa shape index (κ3) is 7.02. The van der Waals surface area contributed by atoms with Crippen molar-refractivity contribution >= 4 is 5.91 Å². The van der Waals surface area contributed by atoms with Gasteiger partial charge >= 0.3 is 6.18 Å². The third-order valence-electron chi connectivity index (χ3n) is 5.36. The van der Waals surface area contributed by atoms with Gasteiger partial charge in [-0.3, -0.25) is 31.0 Å². The average molecular weight is 424 g/mol. The van der Waals surface area contributed by atoms with Crippen LogP contribution in [0.4, 0.5) is 13.2 Å². The lowest BCUT2D eigenvalue weighted by atomic mass is 10.2. The van der Waals surface area contributed by atoms with Crippen molar-refractivity contribution in [2.45, 2.75) is 64.0 Å². The monoisotopic (exact) mass is 424 g/mol. The Morgan fingerprint density at radius 2 is 1.90 bits per heavy atom. The van der Waals surface area contributed by atoms with Crippen LogP contribution in [0.5, 0.6) is 0 Å². The molecule has 3 heterocycles. The van der Waals surface area contributed by atoms with Gasteiger partial charge in [0.25, 0.3) is 0 Å². The van der Waals surface area contributed by atoms with E-state index < -0.39 is 31.7 Å². The molecule has 1 amide bonds. The van der Waals surface area contributed by atoms with Gasteiger partial charge < -0.3 is 14.4 Å². The molecule has 0 radical (unpaired) electrons. The lowest BCUT2D eigenvalue weighted by molar-refractivity contribution is -0.202. The maximum Gasteiger partial charge on any atom is 0.411 e. The molecule has 3 aliphatic rings. The van der Waals surface area contributed by atoms with Crippen molar-refractivity contribution in [2.75, 3.05) is 39.3 Å². The highest BCUT2D eigenvalue weighted by Crippen LogP contribution is 2.19. The number of amides is 1. The molecule has 0 saturated carbocycles. The van der Waals surface area contributed by atoms with E-state index in [-0.39, 0.29) is 18.1 Å². The molecule has 3 aliphatic heterocycles. The van der Waals surface area contributed by atoms with E-state index in [4.69, 9.17) is 9.47 Å². The first-order chi connectivity index (χ1) is 13.7. The fourth-order valence-corrected chi connectivity index (χ4v) is 3.78. The number of carbonyl (C=O) groups excluding carboxylic acids is 1. The molecule has 0 spiro atoms. The fourth-order valence-electron chi connectivity index (χ4n) is 3.78. The largest absolute Gasteiger partial charge is 0.411 e. The van der Waals surface area contributed by atoms with Gasteiger partial charge in [0.2, 0.25) is 5.91 Å². The van der Waals surface area contributed by atoms with Crippen LogP contribution in [0.1, 0.15) is 26.7 Å². The predicted octanol–water partition coefficient (Wildman–Crippen LogP) is -0.480. The van der Waals surface area contributed by atoms with E-state index in [9.17, 15) is 18.0 Å². The molecule has 12 heteroatoms. The quantitative estimate of drug-likeness (QED) is 0.455. The molecule has 29 heavy (non-hydrogen) atoms. The van der Waals surface area contributed by atoms with E-state index in [0.29, 0.717) is 32.7 Å². The lowest BCUT2D eigenvalue weighted by Crippen LogP contribution is -2.76. The second-order valence-electron chi connectivity index (χ2n) is 7.74. The van der Waals surface area contributed by atoms with Gasteiger partial charge in [-0.15, -0.1) is 0 Å². The highest BCUT2D eigenvalue weighted by atomic mass is 19.4. The van der Waals surface area contributed by atoms with Crippen molar-refractivity contribution in [3.8, 4) is 0 Å². The van der Waals surface area contributed by atoms with Crippen LogP contribution in [0, 0.1) is 0 Å². The van der Waals surface area contributed by atoms with Crippen molar-refractivity contribution in [1.29, 1.82) is 0 Å². The first-order valence-corrected chi connectivity index (χ1v) is 10.0. The van der Waals surface area contributed by atoms with E-state index in [1.807, 2.05) is 11.8 Å². The molecule has 0 bridgehead atoms. The molecule has 0 aromatic rings. The van der Waals surface area contributed by atoms with Crippen molar-refractivity contribution in [3.05, 3.63) is 0 Å². The maximum absolute atomic E-state index is 12.6. The number of hydrogen-bond acceptors (Lipinski definition) is 8. The average Bonchev–Trinajstić information content (AvgIpc) is 3.09. The molecule has 4 N–H and O–H groups in total. The Morgan fingerprint density at radius 1 is 1.17 bits per heavy atom. The summed E-state index contributed by atoms with van der Waals surface area (Å²) in [5.41, 5.74) is 0. The summed E-state index contributed by atoms with van der Waals surface area (Å²) in [6, 6.07) is 0. The normalized spacial score (nSPS) is 34.5. The minimum Gasteiger partial charge on any atom is -0.374 e. The van der Waals surface area contributed by atoms with Crippen LogP contribution in [-0.2, 0) is 14.3 Å². The molecule has 3 saturated heterocycles. The van der Waals surface area contributed by atoms with Crippen LogP contribution in [-0.4, -0.2) is 92.4 Å². The highest BCUT2D eigenvalue weighted by molar-refractivity contribution is 5.73. The molecule has 5 unspecified atom stereocenters. The zero-order chi connectivity index (χ0) is 21.0. The minimum atomic E-state index is -4.41. The number of piperazine rings is 1. The summed E-state index contributed by atoms with van der Waals surface area (Å²) >= 11 is 0. The van der Waals surface area contributed by atoms with E-state index in [2.05, 4.69) is 21.3 Å². The predicted molar refractivity (Wildman–Crippen MR) is 98.2 cm³/mol. The summed E-state index contributed by atoms with van der Waals surface area (Å²) in [5.74, 6) is 0.0209. The number of halogens is 3. The van der Waals surface area contributed by atoms with Gasteiger partial charge in [-0.2, -0.15) is 13.2 Å². The van der Waals surface area contributed by atoms with Crippen LogP contribution in [0.15, 0.2) is 0 Å². The Labute approximate surface area is 168 Å². The van der Waals surface area contributed by atoms with E-state index >= 15 is 0 Å². The van der Waals surface area contributed by atoms with Crippen molar-refractivity contribution in [1.82, 2.24) is 31.1 Å². The van der Waals surface area contributed by atoms with Crippen LogP contribution >= 0.6 is 0 Å². The molecule has 168 valence electrons. The van der Waals surface area contributed by atoms with Gasteiger partial charge in [-0.25, -0.2) is 0 Å². The molecule has 3 rings (SSSR count). The highest BCUT2D eigenvalue weighted by Gasteiger charge is 2.36. The van der Waals surface area contributed by atoms with Gasteiger partial charge in [-0.1, -0.05) is 0 Å². The molecule has 0 aromatic heterocycles. The zero-order valence-corrected chi connectivity index (χ0v) is 16.8. The number of hydrogen-bond donors (Lipinski definition) is 4. The Balaban J connectivity index is 1.55. The van der Waals surface area contributed by atoms with Gasteiger partial charge in [0, 0.05) is 39.6 Å². The molecule has 0 aromatic carbocycles. The fraction of sp³-hybridized carbons (Fsp3) is 0.941. The molecular weight excluding hydrogens is 393 g/mol. The Bertz CT molecular complexity index is 547. The summed E-state index contributed by atoms with van der Waals surface area (Å²) in [7, 11) is 0. The molecule has 0 aliphatic carbocycles.